The molecule has 0 bridgehead atoms. The van der Waals surface area contributed by atoms with Crippen LogP contribution < -0.4 is 5.32 Å². The Labute approximate surface area is 127 Å². The average Bonchev–Trinajstić information content (AvgIpc) is 2.48. The van der Waals surface area contributed by atoms with E-state index < -0.39 is 6.10 Å². The van der Waals surface area contributed by atoms with E-state index in [1.807, 2.05) is 37.3 Å². The third kappa shape index (κ3) is 4.85. The smallest absolute Gasteiger partial charge is 0.223 e. The summed E-state index contributed by atoms with van der Waals surface area (Å²) >= 11 is 0. The van der Waals surface area contributed by atoms with Gasteiger partial charge in [-0.15, -0.1) is 0 Å². The number of rotatable bonds is 5. The van der Waals surface area contributed by atoms with Gasteiger partial charge in [-0.05, 0) is 37.7 Å². The van der Waals surface area contributed by atoms with Crippen LogP contribution in [0.2, 0.25) is 0 Å². The predicted octanol–water partition coefficient (Wildman–Crippen LogP) is 3.44. The van der Waals surface area contributed by atoms with E-state index in [0.29, 0.717) is 12.3 Å². The molecule has 1 aliphatic rings. The maximum absolute atomic E-state index is 12.3. The van der Waals surface area contributed by atoms with Gasteiger partial charge < -0.3 is 10.4 Å². The second-order valence-corrected chi connectivity index (χ2v) is 6.54. The van der Waals surface area contributed by atoms with E-state index in [2.05, 4.69) is 12.2 Å². The number of aliphatic hydroxyl groups is 1. The summed E-state index contributed by atoms with van der Waals surface area (Å²) < 4.78 is 0. The van der Waals surface area contributed by atoms with Gasteiger partial charge in [-0.1, -0.05) is 50.1 Å². The monoisotopic (exact) mass is 289 g/mol. The molecule has 1 fully saturated rings. The van der Waals surface area contributed by atoms with E-state index in [-0.39, 0.29) is 17.9 Å². The van der Waals surface area contributed by atoms with Crippen LogP contribution in [0.5, 0.6) is 0 Å². The summed E-state index contributed by atoms with van der Waals surface area (Å²) in [4.78, 5) is 12.3. The number of benzene rings is 1. The minimum Gasteiger partial charge on any atom is -0.388 e. The summed E-state index contributed by atoms with van der Waals surface area (Å²) in [6.07, 6.45) is 4.43. The van der Waals surface area contributed by atoms with Crippen molar-refractivity contribution in [3.63, 3.8) is 0 Å². The molecule has 2 N–H and O–H groups in total. The molecule has 3 heteroatoms. The first-order chi connectivity index (χ1) is 10.1. The fraction of sp³-hybridized carbons (Fsp3) is 0.611. The number of nitrogens with one attached hydrogen (secondary N) is 1. The molecule has 0 aliphatic heterocycles. The van der Waals surface area contributed by atoms with Crippen LogP contribution in [0.15, 0.2) is 30.3 Å². The van der Waals surface area contributed by atoms with Crippen molar-refractivity contribution in [2.75, 3.05) is 0 Å². The largest absolute Gasteiger partial charge is 0.388 e. The Kier molecular flexibility index (Phi) is 5.80. The summed E-state index contributed by atoms with van der Waals surface area (Å²) in [6, 6.07) is 9.61. The third-order valence-corrected chi connectivity index (χ3v) is 4.46. The van der Waals surface area contributed by atoms with E-state index in [1.165, 1.54) is 6.42 Å². The summed E-state index contributed by atoms with van der Waals surface area (Å²) in [6.45, 7) is 4.19. The van der Waals surface area contributed by atoms with Gasteiger partial charge in [-0.25, -0.2) is 0 Å². The van der Waals surface area contributed by atoms with Crippen LogP contribution in [-0.2, 0) is 4.79 Å². The van der Waals surface area contributed by atoms with Crippen LogP contribution in [0.4, 0.5) is 0 Å². The molecule has 1 saturated carbocycles. The van der Waals surface area contributed by atoms with Crippen LogP contribution in [0.1, 0.15) is 57.6 Å². The Balaban J connectivity index is 1.81. The molecular formula is C18H27NO2. The van der Waals surface area contributed by atoms with E-state index in [4.69, 9.17) is 0 Å². The molecule has 1 aromatic rings. The van der Waals surface area contributed by atoms with Crippen molar-refractivity contribution in [3.8, 4) is 0 Å². The fourth-order valence-corrected chi connectivity index (χ4v) is 3.24. The predicted molar refractivity (Wildman–Crippen MR) is 84.7 cm³/mol. The zero-order valence-corrected chi connectivity index (χ0v) is 13.1. The lowest BCUT2D eigenvalue weighted by molar-refractivity contribution is -0.127. The highest BCUT2D eigenvalue weighted by atomic mass is 16.3. The number of carbonyl (C=O) groups excluding carboxylic acids is 1. The third-order valence-electron chi connectivity index (χ3n) is 4.46. The lowest BCUT2D eigenvalue weighted by Crippen LogP contribution is -2.39. The van der Waals surface area contributed by atoms with E-state index in [9.17, 15) is 9.90 Å². The van der Waals surface area contributed by atoms with E-state index in [1.54, 1.807) is 0 Å². The SMILES string of the molecule is CC1CCCC(C(=O)NC(C)CC(O)c2ccccc2)C1. The van der Waals surface area contributed by atoms with Crippen molar-refractivity contribution in [2.24, 2.45) is 11.8 Å². The molecule has 4 atom stereocenters. The van der Waals surface area contributed by atoms with Crippen molar-refractivity contribution in [1.29, 1.82) is 0 Å². The molecule has 3 nitrogen and oxygen atoms in total. The van der Waals surface area contributed by atoms with Gasteiger partial charge in [0.2, 0.25) is 5.91 Å². The Morgan fingerprint density at radius 3 is 2.71 bits per heavy atom. The van der Waals surface area contributed by atoms with E-state index in [0.717, 1.165) is 24.8 Å². The summed E-state index contributed by atoms with van der Waals surface area (Å²) in [7, 11) is 0. The Bertz CT molecular complexity index is 446. The van der Waals surface area contributed by atoms with Gasteiger partial charge in [0.05, 0.1) is 6.10 Å². The molecule has 1 amide bonds. The number of aliphatic hydroxyl groups excluding tert-OH is 1. The molecule has 1 aromatic carbocycles. The molecule has 4 unspecified atom stereocenters. The van der Waals surface area contributed by atoms with Crippen LogP contribution in [-0.4, -0.2) is 17.1 Å². The molecule has 0 spiro atoms. The molecular weight excluding hydrogens is 262 g/mol. The minimum absolute atomic E-state index is 0.00932. The van der Waals surface area contributed by atoms with Gasteiger partial charge in [0.15, 0.2) is 0 Å². The highest BCUT2D eigenvalue weighted by Gasteiger charge is 2.26. The molecule has 1 aliphatic carbocycles. The molecule has 0 heterocycles. The first-order valence-electron chi connectivity index (χ1n) is 8.09. The molecule has 116 valence electrons. The Morgan fingerprint density at radius 2 is 2.05 bits per heavy atom. The molecule has 0 saturated heterocycles. The lowest BCUT2D eigenvalue weighted by Gasteiger charge is -2.27. The van der Waals surface area contributed by atoms with Gasteiger partial charge in [0.25, 0.3) is 0 Å². The average molecular weight is 289 g/mol. The number of amides is 1. The number of hydrogen-bond acceptors (Lipinski definition) is 2. The highest BCUT2D eigenvalue weighted by Crippen LogP contribution is 2.29. The zero-order valence-electron chi connectivity index (χ0n) is 13.1. The standard InChI is InChI=1S/C18H27NO2/c1-13-7-6-10-16(11-13)18(21)19-14(2)12-17(20)15-8-4-3-5-9-15/h3-5,8-9,13-14,16-17,20H,6-7,10-12H2,1-2H3,(H,19,21). The summed E-state index contributed by atoms with van der Waals surface area (Å²) in [5.41, 5.74) is 0.907. The van der Waals surface area contributed by atoms with Gasteiger partial charge in [-0.3, -0.25) is 4.79 Å². The molecule has 2 rings (SSSR count). The summed E-state index contributed by atoms with van der Waals surface area (Å²) in [5, 5.41) is 13.3. The first-order valence-corrected chi connectivity index (χ1v) is 8.09. The molecule has 0 aromatic heterocycles. The summed E-state index contributed by atoms with van der Waals surface area (Å²) in [5.74, 6) is 0.971. The quantitative estimate of drug-likeness (QED) is 0.872. The Hall–Kier alpha value is -1.35. The van der Waals surface area contributed by atoms with Crippen LogP contribution in [0, 0.1) is 11.8 Å². The number of hydrogen-bond donors (Lipinski definition) is 2. The van der Waals surface area contributed by atoms with Gasteiger partial charge in [0, 0.05) is 12.0 Å². The van der Waals surface area contributed by atoms with Crippen molar-refractivity contribution in [1.82, 2.24) is 5.32 Å². The zero-order chi connectivity index (χ0) is 15.2. The van der Waals surface area contributed by atoms with Gasteiger partial charge in [-0.2, -0.15) is 0 Å². The number of carbonyl (C=O) groups is 1. The van der Waals surface area contributed by atoms with Crippen molar-refractivity contribution >= 4 is 5.91 Å². The molecule has 0 radical (unpaired) electrons. The fourth-order valence-electron chi connectivity index (χ4n) is 3.24. The normalized spacial score (nSPS) is 25.1. The highest BCUT2D eigenvalue weighted by molar-refractivity contribution is 5.79. The second-order valence-electron chi connectivity index (χ2n) is 6.54. The van der Waals surface area contributed by atoms with Gasteiger partial charge >= 0.3 is 0 Å². The van der Waals surface area contributed by atoms with Crippen LogP contribution in [0.25, 0.3) is 0 Å². The lowest BCUT2D eigenvalue weighted by atomic mass is 9.82. The molecule has 21 heavy (non-hydrogen) atoms. The first kappa shape index (κ1) is 16.0. The van der Waals surface area contributed by atoms with Crippen molar-refractivity contribution < 1.29 is 9.90 Å². The van der Waals surface area contributed by atoms with Crippen LogP contribution >= 0.6 is 0 Å². The van der Waals surface area contributed by atoms with Gasteiger partial charge in [0.1, 0.15) is 0 Å². The maximum Gasteiger partial charge on any atom is 0.223 e. The van der Waals surface area contributed by atoms with E-state index >= 15 is 0 Å². The maximum atomic E-state index is 12.3. The van der Waals surface area contributed by atoms with Crippen LogP contribution in [0.3, 0.4) is 0 Å². The topological polar surface area (TPSA) is 49.3 Å². The Morgan fingerprint density at radius 1 is 1.33 bits per heavy atom. The minimum atomic E-state index is -0.522. The second kappa shape index (κ2) is 7.60. The van der Waals surface area contributed by atoms with Crippen molar-refractivity contribution in [2.45, 2.75) is 58.1 Å². The van der Waals surface area contributed by atoms with Crippen molar-refractivity contribution in [3.05, 3.63) is 35.9 Å².